The SMILES string of the molecule is COc1ccc(C(OC[C@H]2O[C@@H](n3cnc4c(N)ncnc43)C[C@@H]2CN(C)OC[C@H]2O[C@@H](n3cc(C)c(=O)[nH]c3=O)C[C@@H]2O[Si](c2ccccc2)(c2ccccc2)C(C)(C)C)(c2ccccc2)c2ccc(OC)cc2)cc1. The number of hydroxylamine groups is 2. The van der Waals surface area contributed by atoms with Crippen LogP contribution in [0.2, 0.25) is 5.04 Å². The number of nitrogens with one attached hydrogen (secondary N) is 1. The van der Waals surface area contributed by atoms with Gasteiger partial charge in [0.1, 0.15) is 47.5 Å². The van der Waals surface area contributed by atoms with E-state index in [1.54, 1.807) is 33.7 Å². The number of H-pyrrole nitrogens is 1. The molecule has 0 saturated carbocycles. The lowest BCUT2D eigenvalue weighted by Gasteiger charge is -2.45. The number of anilines is 1. The van der Waals surface area contributed by atoms with Gasteiger partial charge in [-0.3, -0.25) is 23.8 Å². The fourth-order valence-electron chi connectivity index (χ4n) is 11.1. The first-order chi connectivity index (χ1) is 37.2. The Kier molecular flexibility index (Phi) is 15.4. The maximum Gasteiger partial charge on any atom is 0.330 e. The molecular formula is C59H66N8O9Si. The molecule has 3 aromatic heterocycles. The number of hydrogen-bond donors (Lipinski definition) is 2. The van der Waals surface area contributed by atoms with Crippen molar-refractivity contribution in [1.82, 2.24) is 34.1 Å². The molecule has 10 rings (SSSR count). The molecule has 400 valence electrons. The van der Waals surface area contributed by atoms with Crippen LogP contribution in [-0.4, -0.2) is 102 Å². The number of nitrogen functional groups attached to an aromatic ring is 1. The summed E-state index contributed by atoms with van der Waals surface area (Å²) < 4.78 is 43.7. The smallest absolute Gasteiger partial charge is 0.330 e. The van der Waals surface area contributed by atoms with E-state index in [9.17, 15) is 9.59 Å². The molecule has 77 heavy (non-hydrogen) atoms. The third-order valence-electron chi connectivity index (χ3n) is 15.0. The van der Waals surface area contributed by atoms with Crippen LogP contribution in [0.4, 0.5) is 5.82 Å². The predicted molar refractivity (Wildman–Crippen MR) is 296 cm³/mol. The Hall–Kier alpha value is -7.29. The zero-order valence-corrected chi connectivity index (χ0v) is 45.4. The Bertz CT molecular complexity index is 3290. The number of methoxy groups -OCH3 is 2. The first-order valence-electron chi connectivity index (χ1n) is 25.9. The van der Waals surface area contributed by atoms with Crippen LogP contribution in [0.5, 0.6) is 11.5 Å². The maximum atomic E-state index is 13.5. The molecule has 6 atom stereocenters. The van der Waals surface area contributed by atoms with Crippen molar-refractivity contribution in [3.8, 4) is 11.5 Å². The van der Waals surface area contributed by atoms with Crippen LogP contribution in [0.15, 0.2) is 168 Å². The summed E-state index contributed by atoms with van der Waals surface area (Å²) in [5, 5.41) is 3.68. The maximum absolute atomic E-state index is 13.5. The van der Waals surface area contributed by atoms with E-state index in [0.717, 1.165) is 27.1 Å². The van der Waals surface area contributed by atoms with E-state index in [1.807, 2.05) is 95.5 Å². The van der Waals surface area contributed by atoms with Crippen molar-refractivity contribution in [2.75, 3.05) is 46.8 Å². The third kappa shape index (κ3) is 10.5. The summed E-state index contributed by atoms with van der Waals surface area (Å²) in [7, 11) is 2.05. The van der Waals surface area contributed by atoms with Gasteiger partial charge in [0.25, 0.3) is 13.9 Å². The van der Waals surface area contributed by atoms with Gasteiger partial charge < -0.3 is 33.8 Å². The van der Waals surface area contributed by atoms with E-state index in [-0.39, 0.29) is 30.0 Å². The van der Waals surface area contributed by atoms with Crippen LogP contribution in [0, 0.1) is 12.8 Å². The molecule has 0 aliphatic carbocycles. The van der Waals surface area contributed by atoms with Gasteiger partial charge in [-0.1, -0.05) is 136 Å². The van der Waals surface area contributed by atoms with Crippen molar-refractivity contribution >= 4 is 35.7 Å². The highest BCUT2D eigenvalue weighted by atomic mass is 28.4. The fraction of sp³-hybridized carbons (Fsp3) is 0.339. The zero-order chi connectivity index (χ0) is 53.9. The lowest BCUT2D eigenvalue weighted by atomic mass is 9.80. The molecule has 0 spiro atoms. The molecule has 17 nitrogen and oxygen atoms in total. The summed E-state index contributed by atoms with van der Waals surface area (Å²) in [5.74, 6) is 1.53. The molecule has 8 aromatic rings. The molecular weight excluding hydrogens is 993 g/mol. The van der Waals surface area contributed by atoms with E-state index in [1.165, 1.54) is 10.9 Å². The standard InChI is InChI=1S/C59H66N8O9Si/c1-39-33-66(57(69)64-56(39)68)52-32-48(76-77(58(2,3)4,46-19-13-9-14-20-46)47-21-15-10-16-22-47)50(75-52)36-73-65(5)34-40-31-51(67-38-63-53-54(60)61-37-62-55(53)67)74-49(40)35-72-59(41-17-11-8-12-18-41,42-23-27-44(70-6)28-24-42)43-25-29-45(71-7)30-26-43/h8-30,33,37-38,40,48-52H,31-32,34-36H2,1-7H3,(H2,60,61,62)(H,64,68,69)/t40-,48+,49-,50-,51-,52-/m1/s1. The first kappa shape index (κ1) is 53.1. The Balaban J connectivity index is 0.977. The predicted octanol–water partition coefficient (Wildman–Crippen LogP) is 7.29. The number of imidazole rings is 1. The van der Waals surface area contributed by atoms with Crippen LogP contribution in [0.1, 0.15) is 68.3 Å². The van der Waals surface area contributed by atoms with Crippen molar-refractivity contribution in [2.24, 2.45) is 5.92 Å². The van der Waals surface area contributed by atoms with E-state index in [2.05, 4.69) is 101 Å². The van der Waals surface area contributed by atoms with Crippen molar-refractivity contribution in [1.29, 1.82) is 0 Å². The van der Waals surface area contributed by atoms with E-state index >= 15 is 0 Å². The summed E-state index contributed by atoms with van der Waals surface area (Å²) in [6, 6.07) is 46.9. The van der Waals surface area contributed by atoms with Crippen molar-refractivity contribution in [2.45, 2.75) is 81.9 Å². The molecule has 2 saturated heterocycles. The fourth-order valence-corrected chi connectivity index (χ4v) is 15.9. The summed E-state index contributed by atoms with van der Waals surface area (Å²) >= 11 is 0. The number of hydrogen-bond acceptors (Lipinski definition) is 14. The minimum Gasteiger partial charge on any atom is -0.497 e. The van der Waals surface area contributed by atoms with Gasteiger partial charge in [-0.2, -0.15) is 5.06 Å². The van der Waals surface area contributed by atoms with Gasteiger partial charge >= 0.3 is 5.69 Å². The molecule has 0 unspecified atom stereocenters. The molecule has 2 aliphatic rings. The van der Waals surface area contributed by atoms with E-state index < -0.39 is 55.9 Å². The van der Waals surface area contributed by atoms with Crippen LogP contribution in [-0.2, 0) is 29.1 Å². The lowest BCUT2D eigenvalue weighted by Crippen LogP contribution is -2.68. The number of benzene rings is 5. The van der Waals surface area contributed by atoms with Gasteiger partial charge in [0.2, 0.25) is 0 Å². The average molecular weight is 1060 g/mol. The van der Waals surface area contributed by atoms with Gasteiger partial charge in [-0.25, -0.2) is 19.7 Å². The zero-order valence-electron chi connectivity index (χ0n) is 44.4. The topological polar surface area (TPSA) is 192 Å². The second-order valence-corrected chi connectivity index (χ2v) is 25.0. The van der Waals surface area contributed by atoms with Gasteiger partial charge in [-0.15, -0.1) is 0 Å². The number of fused-ring (bicyclic) bond motifs is 1. The molecule has 5 heterocycles. The largest absolute Gasteiger partial charge is 0.497 e. The molecule has 2 fully saturated rings. The molecule has 0 amide bonds. The number of ether oxygens (including phenoxy) is 5. The number of nitrogens with two attached hydrogens (primary N) is 1. The second-order valence-electron chi connectivity index (χ2n) is 20.8. The number of rotatable bonds is 19. The second kappa shape index (κ2) is 22.4. The summed E-state index contributed by atoms with van der Waals surface area (Å²) in [5.41, 5.74) is 8.28. The third-order valence-corrected chi connectivity index (χ3v) is 20.1. The van der Waals surface area contributed by atoms with Gasteiger partial charge in [-0.05, 0) is 69.7 Å². The number of aromatic nitrogens is 6. The lowest BCUT2D eigenvalue weighted by molar-refractivity contribution is -0.187. The van der Waals surface area contributed by atoms with Crippen LogP contribution >= 0.6 is 0 Å². The van der Waals surface area contributed by atoms with Gasteiger partial charge in [0.15, 0.2) is 11.5 Å². The summed E-state index contributed by atoms with van der Waals surface area (Å²) in [6.45, 7) is 9.00. The quantitative estimate of drug-likeness (QED) is 0.0466. The first-order valence-corrected chi connectivity index (χ1v) is 27.8. The van der Waals surface area contributed by atoms with Crippen LogP contribution in [0.25, 0.3) is 11.2 Å². The van der Waals surface area contributed by atoms with Gasteiger partial charge in [0.05, 0.1) is 46.0 Å². The highest BCUT2D eigenvalue weighted by Crippen LogP contribution is 2.45. The number of aromatic amines is 1. The van der Waals surface area contributed by atoms with Crippen LogP contribution in [0.3, 0.4) is 0 Å². The molecule has 0 radical (unpaired) electrons. The Morgan fingerprint density at radius 1 is 0.714 bits per heavy atom. The van der Waals surface area contributed by atoms with Crippen molar-refractivity contribution in [3.05, 3.63) is 201 Å². The highest BCUT2D eigenvalue weighted by Gasteiger charge is 2.54. The normalized spacial score (nSPS) is 20.0. The Morgan fingerprint density at radius 2 is 1.27 bits per heavy atom. The Morgan fingerprint density at radius 3 is 1.86 bits per heavy atom. The van der Waals surface area contributed by atoms with Crippen molar-refractivity contribution < 1.29 is 32.9 Å². The van der Waals surface area contributed by atoms with Gasteiger partial charge in [0, 0.05) is 37.7 Å². The average Bonchev–Trinajstić information content (AvgIpc) is 4.26. The Labute approximate surface area is 448 Å². The van der Waals surface area contributed by atoms with Crippen LogP contribution < -0.4 is 36.8 Å². The molecule has 0 bridgehead atoms. The monoisotopic (exact) mass is 1060 g/mol. The molecule has 5 aromatic carbocycles. The van der Waals surface area contributed by atoms with E-state index in [4.69, 9.17) is 38.7 Å². The summed E-state index contributed by atoms with van der Waals surface area (Å²) in [4.78, 5) is 48.6. The minimum atomic E-state index is -3.14. The number of aryl methyl sites for hydroxylation is 1. The van der Waals surface area contributed by atoms with E-state index in [0.29, 0.717) is 47.6 Å². The highest BCUT2D eigenvalue weighted by molar-refractivity contribution is 6.99. The molecule has 2 aliphatic heterocycles. The number of nitrogens with zero attached hydrogens (tertiary/aromatic N) is 6. The molecule has 18 heteroatoms. The van der Waals surface area contributed by atoms with Crippen molar-refractivity contribution in [3.63, 3.8) is 0 Å². The summed E-state index contributed by atoms with van der Waals surface area (Å²) in [6.07, 6.45) is 2.61. The minimum absolute atomic E-state index is 0.0829. The molecule has 3 N–H and O–H groups in total.